The van der Waals surface area contributed by atoms with Crippen molar-refractivity contribution in [3.05, 3.63) is 47.6 Å². The minimum absolute atomic E-state index is 0.0325. The van der Waals surface area contributed by atoms with Crippen molar-refractivity contribution in [2.75, 3.05) is 31.5 Å². The molecule has 6 atom stereocenters. The Morgan fingerprint density at radius 2 is 1.67 bits per heavy atom. The molecule has 3 rings (SSSR count). The number of nitrogens with one attached hydrogen (secondary N) is 5. The van der Waals surface area contributed by atoms with Crippen molar-refractivity contribution in [1.82, 2.24) is 21.3 Å². The molecule has 1 aromatic rings. The summed E-state index contributed by atoms with van der Waals surface area (Å²) in [7, 11) is 0. The first kappa shape index (κ1) is 44.7. The van der Waals surface area contributed by atoms with Crippen LogP contribution in [0.1, 0.15) is 103 Å². The Morgan fingerprint density at radius 1 is 0.907 bits per heavy atom. The number of fused-ring (bicyclic) bond motifs is 1. The van der Waals surface area contributed by atoms with Gasteiger partial charge in [0.1, 0.15) is 6.04 Å². The van der Waals surface area contributed by atoms with Gasteiger partial charge in [0, 0.05) is 38.2 Å². The molecule has 302 valence electrons. The molecule has 0 radical (unpaired) electrons. The molecule has 0 saturated heterocycles. The van der Waals surface area contributed by atoms with Crippen LogP contribution in [0.15, 0.2) is 42.0 Å². The molecule has 0 bridgehead atoms. The molecule has 6 unspecified atom stereocenters. The largest absolute Gasteiger partial charge is 0.481 e. The van der Waals surface area contributed by atoms with Gasteiger partial charge in [0.05, 0.1) is 12.1 Å². The molecule has 14 nitrogen and oxygen atoms in total. The van der Waals surface area contributed by atoms with E-state index in [1.165, 1.54) is 26.2 Å². The highest BCUT2D eigenvalue weighted by Crippen LogP contribution is 2.48. The zero-order chi connectivity index (χ0) is 39.5. The Morgan fingerprint density at radius 3 is 2.35 bits per heavy atom. The number of aliphatic hydroxyl groups is 2. The maximum Gasteiger partial charge on any atom is 0.303 e. The van der Waals surface area contributed by atoms with E-state index in [4.69, 9.17) is 16.6 Å². The second-order valence-electron chi connectivity index (χ2n) is 14.9. The van der Waals surface area contributed by atoms with Crippen LogP contribution in [0.3, 0.4) is 0 Å². The molecule has 54 heavy (non-hydrogen) atoms. The molecule has 0 spiro atoms. The molecule has 1 saturated carbocycles. The van der Waals surface area contributed by atoms with Crippen LogP contribution in [0, 0.1) is 11.8 Å². The van der Waals surface area contributed by atoms with Gasteiger partial charge in [-0.3, -0.25) is 19.2 Å². The summed E-state index contributed by atoms with van der Waals surface area (Å²) >= 11 is 0. The Kier molecular flexibility index (Phi) is 19.9. The third kappa shape index (κ3) is 17.2. The Bertz CT molecular complexity index is 1400. The SMILES string of the molecule is CCCCCCC(N)CNCCC(N)C(=O)NC(CC1=CC(c2ccc(NC(C)=O)cc2)=CC2CC2C1)C(=O)NCCC(NCCCCC(=O)O)C(O)O. The third-order valence-corrected chi connectivity index (χ3v) is 10.0. The van der Waals surface area contributed by atoms with Gasteiger partial charge in [-0.1, -0.05) is 62.5 Å². The van der Waals surface area contributed by atoms with Gasteiger partial charge in [-0.15, -0.1) is 0 Å². The van der Waals surface area contributed by atoms with E-state index < -0.39 is 42.2 Å². The van der Waals surface area contributed by atoms with E-state index in [0.717, 1.165) is 42.4 Å². The topological polar surface area (TPSA) is 241 Å². The van der Waals surface area contributed by atoms with Crippen molar-refractivity contribution in [2.45, 2.75) is 128 Å². The fourth-order valence-electron chi connectivity index (χ4n) is 6.76. The number of allylic oxidation sites excluding steroid dienone is 3. The second-order valence-corrected chi connectivity index (χ2v) is 14.9. The molecule has 0 heterocycles. The van der Waals surface area contributed by atoms with Gasteiger partial charge < -0.3 is 53.4 Å². The number of hydrogen-bond donors (Lipinski definition) is 10. The summed E-state index contributed by atoms with van der Waals surface area (Å²) < 4.78 is 0. The van der Waals surface area contributed by atoms with E-state index >= 15 is 0 Å². The van der Waals surface area contributed by atoms with Crippen LogP contribution in [-0.2, 0) is 19.2 Å². The highest BCUT2D eigenvalue weighted by atomic mass is 16.5. The van der Waals surface area contributed by atoms with E-state index in [-0.39, 0.29) is 37.8 Å². The van der Waals surface area contributed by atoms with E-state index in [1.54, 1.807) is 0 Å². The number of benzene rings is 1. The minimum Gasteiger partial charge on any atom is -0.481 e. The molecule has 2 aliphatic rings. The zero-order valence-electron chi connectivity index (χ0n) is 32.2. The van der Waals surface area contributed by atoms with Gasteiger partial charge in [0.25, 0.3) is 0 Å². The maximum atomic E-state index is 13.7. The molecule has 14 heteroatoms. The Hall–Kier alpha value is -3.66. The summed E-state index contributed by atoms with van der Waals surface area (Å²) in [6.45, 7) is 5.28. The predicted octanol–water partition coefficient (Wildman–Crippen LogP) is 2.50. The quantitative estimate of drug-likeness (QED) is 0.0462. The van der Waals surface area contributed by atoms with Gasteiger partial charge in [0.15, 0.2) is 6.29 Å². The number of anilines is 1. The van der Waals surface area contributed by atoms with Crippen LogP contribution >= 0.6 is 0 Å². The molecule has 0 aromatic heterocycles. The number of carbonyl (C=O) groups is 4. The van der Waals surface area contributed by atoms with E-state index in [2.05, 4.69) is 45.7 Å². The lowest BCUT2D eigenvalue weighted by Gasteiger charge is -2.24. The summed E-state index contributed by atoms with van der Waals surface area (Å²) in [5.41, 5.74) is 16.3. The van der Waals surface area contributed by atoms with Crippen molar-refractivity contribution in [1.29, 1.82) is 0 Å². The number of aliphatic carboxylic acids is 1. The van der Waals surface area contributed by atoms with Crippen molar-refractivity contribution >= 4 is 35.0 Å². The molecular formula is C40H65N7O7. The number of rotatable bonds is 27. The van der Waals surface area contributed by atoms with Crippen LogP contribution in [0.2, 0.25) is 0 Å². The molecule has 3 amide bonds. The normalized spacial score (nSPS) is 18.6. The van der Waals surface area contributed by atoms with Crippen LogP contribution in [0.4, 0.5) is 5.69 Å². The lowest BCUT2D eigenvalue weighted by Crippen LogP contribution is -2.53. The van der Waals surface area contributed by atoms with Gasteiger partial charge in [-0.2, -0.15) is 0 Å². The number of carboxylic acid groups (broad SMARTS) is 1. The Labute approximate surface area is 320 Å². The van der Waals surface area contributed by atoms with Crippen molar-refractivity contribution < 1.29 is 34.5 Å². The van der Waals surface area contributed by atoms with E-state index in [0.29, 0.717) is 56.4 Å². The van der Waals surface area contributed by atoms with Crippen LogP contribution in [0.5, 0.6) is 0 Å². The summed E-state index contributed by atoms with van der Waals surface area (Å²) in [6.07, 6.45) is 11.9. The van der Waals surface area contributed by atoms with Crippen LogP contribution in [0.25, 0.3) is 5.57 Å². The Balaban J connectivity index is 1.65. The van der Waals surface area contributed by atoms with Gasteiger partial charge in [-0.25, -0.2) is 0 Å². The number of unbranched alkanes of at least 4 members (excludes halogenated alkanes) is 4. The summed E-state index contributed by atoms with van der Waals surface area (Å²) in [5, 5.41) is 43.6. The number of amides is 3. The van der Waals surface area contributed by atoms with Crippen molar-refractivity contribution in [2.24, 2.45) is 23.3 Å². The second kappa shape index (κ2) is 24.0. The number of hydrogen-bond acceptors (Lipinski definition) is 10. The highest BCUT2D eigenvalue weighted by Gasteiger charge is 2.38. The average molecular weight is 756 g/mol. The van der Waals surface area contributed by atoms with E-state index in [9.17, 15) is 29.4 Å². The number of aliphatic hydroxyl groups excluding tert-OH is 1. The first-order valence-electron chi connectivity index (χ1n) is 19.8. The predicted molar refractivity (Wildman–Crippen MR) is 211 cm³/mol. The average Bonchev–Trinajstić information content (AvgIpc) is 3.88. The molecule has 1 aromatic carbocycles. The van der Waals surface area contributed by atoms with Crippen molar-refractivity contribution in [3.63, 3.8) is 0 Å². The first-order chi connectivity index (χ1) is 25.9. The highest BCUT2D eigenvalue weighted by molar-refractivity contribution is 5.90. The van der Waals surface area contributed by atoms with Gasteiger partial charge in [-0.05, 0) is 99.6 Å². The number of nitrogens with two attached hydrogens (primary N) is 2. The monoisotopic (exact) mass is 755 g/mol. The van der Waals surface area contributed by atoms with Crippen molar-refractivity contribution in [3.8, 4) is 0 Å². The fraction of sp³-hybridized carbons (Fsp3) is 0.650. The molecule has 12 N–H and O–H groups in total. The lowest BCUT2D eigenvalue weighted by molar-refractivity contribution is -0.137. The first-order valence-corrected chi connectivity index (χ1v) is 19.8. The molecule has 2 aliphatic carbocycles. The fourth-order valence-corrected chi connectivity index (χ4v) is 6.76. The standard InChI is InChI=1S/C40H65N7O7/c1-3-4-5-6-9-32(41)25-43-18-15-34(42)38(51)47-36(39(52)45-19-16-35(40(53)54)44-17-8-7-10-37(49)50)22-27-20-29(23-31-24-30(31)21-27)28-11-13-33(14-12-28)46-26(2)48/h11-14,20,23,30-32,34-36,40,43-44,53-54H,3-10,15-19,21-22,24-25,41-42H2,1-2H3,(H,45,52)(H,46,48)(H,47,51)(H,49,50). The number of carbonyl (C=O) groups excluding carboxylic acids is 3. The lowest BCUT2D eigenvalue weighted by atomic mass is 9.96. The summed E-state index contributed by atoms with van der Waals surface area (Å²) in [4.78, 5) is 49.4. The van der Waals surface area contributed by atoms with Gasteiger partial charge in [0.2, 0.25) is 17.7 Å². The van der Waals surface area contributed by atoms with Crippen LogP contribution < -0.4 is 38.1 Å². The molecule has 1 fully saturated rings. The summed E-state index contributed by atoms with van der Waals surface area (Å²) in [5.74, 6) is -0.994. The minimum atomic E-state index is -1.68. The van der Waals surface area contributed by atoms with Crippen LogP contribution in [-0.4, -0.2) is 95.6 Å². The van der Waals surface area contributed by atoms with Gasteiger partial charge >= 0.3 is 5.97 Å². The zero-order valence-corrected chi connectivity index (χ0v) is 32.2. The van der Waals surface area contributed by atoms with E-state index in [1.807, 2.05) is 24.3 Å². The molecular weight excluding hydrogens is 690 g/mol. The number of carboxylic acids is 1. The summed E-state index contributed by atoms with van der Waals surface area (Å²) in [6, 6.07) is 5.16. The molecule has 0 aliphatic heterocycles. The smallest absolute Gasteiger partial charge is 0.303 e. The maximum absolute atomic E-state index is 13.7. The third-order valence-electron chi connectivity index (χ3n) is 10.0.